The fraction of sp³-hybridized carbons (Fsp3) is 0.0667. The molecule has 2 aromatic rings. The highest BCUT2D eigenvalue weighted by molar-refractivity contribution is 7.09. The Hall–Kier alpha value is -3.14. The molecule has 0 spiro atoms. The van der Waals surface area contributed by atoms with Crippen molar-refractivity contribution in [3.63, 3.8) is 0 Å². The zero-order valence-electron chi connectivity index (χ0n) is 11.1. The normalized spacial score (nSPS) is 9.05. The van der Waals surface area contributed by atoms with Gasteiger partial charge >= 0.3 is 0 Å². The molecule has 0 saturated heterocycles. The first-order valence-electron chi connectivity index (χ1n) is 5.92. The van der Waals surface area contributed by atoms with Crippen LogP contribution in [0.15, 0.2) is 40.9 Å². The summed E-state index contributed by atoms with van der Waals surface area (Å²) in [5.41, 5.74) is 2.20. The van der Waals surface area contributed by atoms with Crippen molar-refractivity contribution in [2.75, 3.05) is 5.32 Å². The Labute approximate surface area is 126 Å². The molecule has 1 heterocycles. The molecule has 0 aliphatic rings. The third kappa shape index (κ3) is 3.25. The number of nitriles is 3. The number of hydrogen-bond acceptors (Lipinski definition) is 6. The maximum atomic E-state index is 8.97. The number of thiazole rings is 1. The summed E-state index contributed by atoms with van der Waals surface area (Å²) in [5.74, 6) is 0. The van der Waals surface area contributed by atoms with Crippen LogP contribution in [0.2, 0.25) is 0 Å². The van der Waals surface area contributed by atoms with Crippen molar-refractivity contribution >= 4 is 17.0 Å². The van der Waals surface area contributed by atoms with Gasteiger partial charge in [0.2, 0.25) is 0 Å². The summed E-state index contributed by atoms with van der Waals surface area (Å²) in [6, 6.07) is 12.5. The third-order valence-corrected chi connectivity index (χ3v) is 3.43. The summed E-state index contributed by atoms with van der Waals surface area (Å²) in [6.45, 7) is 1.94. The van der Waals surface area contributed by atoms with Crippen LogP contribution >= 0.6 is 11.3 Å². The van der Waals surface area contributed by atoms with Crippen LogP contribution in [0.25, 0.3) is 11.3 Å². The molecule has 6 heteroatoms. The minimum absolute atomic E-state index is 0.0581. The maximum absolute atomic E-state index is 8.97. The van der Waals surface area contributed by atoms with E-state index in [-0.39, 0.29) is 11.3 Å². The molecule has 21 heavy (non-hydrogen) atoms. The Bertz CT molecular complexity index is 793. The molecule has 0 unspecified atom stereocenters. The zero-order valence-corrected chi connectivity index (χ0v) is 11.9. The van der Waals surface area contributed by atoms with Gasteiger partial charge in [-0.25, -0.2) is 4.98 Å². The van der Waals surface area contributed by atoms with E-state index in [1.54, 1.807) is 35.6 Å². The SMILES string of the molecule is Cc1nc(-c2ccc(NC(C#N)=C(C#N)C#N)cc2)cs1. The highest BCUT2D eigenvalue weighted by Gasteiger charge is 2.07. The van der Waals surface area contributed by atoms with Gasteiger partial charge in [0.15, 0.2) is 5.57 Å². The summed E-state index contributed by atoms with van der Waals surface area (Å²) in [7, 11) is 0. The summed E-state index contributed by atoms with van der Waals surface area (Å²) >= 11 is 1.58. The molecular weight excluding hydrogens is 282 g/mol. The maximum Gasteiger partial charge on any atom is 0.163 e. The number of allylic oxidation sites excluding steroid dienone is 2. The van der Waals surface area contributed by atoms with Gasteiger partial charge in [0.1, 0.15) is 23.9 Å². The number of nitrogens with zero attached hydrogens (tertiary/aromatic N) is 4. The van der Waals surface area contributed by atoms with E-state index in [1.807, 2.05) is 30.5 Å². The summed E-state index contributed by atoms with van der Waals surface area (Å²) < 4.78 is 0. The topological polar surface area (TPSA) is 96.3 Å². The van der Waals surface area contributed by atoms with E-state index >= 15 is 0 Å². The molecule has 0 atom stereocenters. The summed E-state index contributed by atoms with van der Waals surface area (Å²) in [4.78, 5) is 4.39. The second-order valence-electron chi connectivity index (χ2n) is 4.04. The van der Waals surface area contributed by atoms with E-state index in [0.717, 1.165) is 16.3 Å². The second kappa shape index (κ2) is 6.34. The van der Waals surface area contributed by atoms with Crippen LogP contribution in [0.1, 0.15) is 5.01 Å². The Morgan fingerprint density at radius 1 is 1.10 bits per heavy atom. The highest BCUT2D eigenvalue weighted by Crippen LogP contribution is 2.23. The molecule has 0 radical (unpaired) electrons. The first-order valence-corrected chi connectivity index (χ1v) is 6.80. The lowest BCUT2D eigenvalue weighted by atomic mass is 10.1. The number of anilines is 1. The van der Waals surface area contributed by atoms with Crippen molar-refractivity contribution < 1.29 is 0 Å². The number of rotatable bonds is 3. The number of aryl methyl sites for hydroxylation is 1. The first-order chi connectivity index (χ1) is 10.2. The standard InChI is InChI=1S/C15H9N5S/c1-10-19-15(9-21-10)11-2-4-13(5-3-11)20-14(8-18)12(6-16)7-17/h2-5,9,20H,1H3. The lowest BCUT2D eigenvalue weighted by Crippen LogP contribution is -2.00. The summed E-state index contributed by atoms with van der Waals surface area (Å²) in [6.07, 6.45) is 0. The van der Waals surface area contributed by atoms with Crippen molar-refractivity contribution in [2.45, 2.75) is 6.92 Å². The lowest BCUT2D eigenvalue weighted by Gasteiger charge is -2.05. The van der Waals surface area contributed by atoms with Crippen molar-refractivity contribution in [2.24, 2.45) is 0 Å². The predicted octanol–water partition coefficient (Wildman–Crippen LogP) is 3.36. The van der Waals surface area contributed by atoms with E-state index in [0.29, 0.717) is 5.69 Å². The lowest BCUT2D eigenvalue weighted by molar-refractivity contribution is 1.30. The zero-order chi connectivity index (χ0) is 15.2. The Kier molecular flexibility index (Phi) is 4.31. The highest BCUT2D eigenvalue weighted by atomic mass is 32.1. The van der Waals surface area contributed by atoms with Gasteiger partial charge in [-0.15, -0.1) is 11.3 Å². The monoisotopic (exact) mass is 291 g/mol. The Balaban J connectivity index is 2.25. The quantitative estimate of drug-likeness (QED) is 0.875. The molecule has 0 bridgehead atoms. The van der Waals surface area contributed by atoms with Crippen LogP contribution in [0.3, 0.4) is 0 Å². The van der Waals surface area contributed by atoms with Crippen LogP contribution in [0.5, 0.6) is 0 Å². The van der Waals surface area contributed by atoms with Gasteiger partial charge in [-0.3, -0.25) is 0 Å². The molecule has 5 nitrogen and oxygen atoms in total. The molecule has 1 aromatic carbocycles. The van der Waals surface area contributed by atoms with E-state index < -0.39 is 0 Å². The number of nitrogens with one attached hydrogen (secondary N) is 1. The predicted molar refractivity (Wildman–Crippen MR) is 79.8 cm³/mol. The van der Waals surface area contributed by atoms with Crippen LogP contribution < -0.4 is 5.32 Å². The van der Waals surface area contributed by atoms with Gasteiger partial charge in [-0.2, -0.15) is 15.8 Å². The molecular formula is C15H9N5S. The summed E-state index contributed by atoms with van der Waals surface area (Å²) in [5, 5.41) is 32.3. The van der Waals surface area contributed by atoms with Crippen molar-refractivity contribution in [3.05, 3.63) is 45.9 Å². The van der Waals surface area contributed by atoms with E-state index in [2.05, 4.69) is 10.3 Å². The molecule has 2 rings (SSSR count). The van der Waals surface area contributed by atoms with E-state index in [4.69, 9.17) is 15.8 Å². The molecule has 0 fully saturated rings. The fourth-order valence-corrected chi connectivity index (χ4v) is 2.27. The van der Waals surface area contributed by atoms with Gasteiger partial charge in [-0.05, 0) is 19.1 Å². The molecule has 0 aliphatic heterocycles. The molecule has 0 amide bonds. The smallest absolute Gasteiger partial charge is 0.163 e. The minimum Gasteiger partial charge on any atom is -0.345 e. The number of benzene rings is 1. The average molecular weight is 291 g/mol. The van der Waals surface area contributed by atoms with Crippen molar-refractivity contribution in [3.8, 4) is 29.5 Å². The first kappa shape index (κ1) is 14.3. The fourth-order valence-electron chi connectivity index (χ4n) is 1.65. The number of aromatic nitrogens is 1. The number of hydrogen-bond donors (Lipinski definition) is 1. The van der Waals surface area contributed by atoms with E-state index in [1.165, 1.54) is 0 Å². The van der Waals surface area contributed by atoms with Crippen molar-refractivity contribution in [1.82, 2.24) is 4.98 Å². The van der Waals surface area contributed by atoms with Crippen LogP contribution in [0, 0.1) is 40.9 Å². The minimum atomic E-state index is -0.239. The van der Waals surface area contributed by atoms with Gasteiger partial charge in [0, 0.05) is 16.6 Å². The van der Waals surface area contributed by atoms with Crippen LogP contribution in [-0.4, -0.2) is 4.98 Å². The Morgan fingerprint density at radius 2 is 1.76 bits per heavy atom. The molecule has 1 N–H and O–H groups in total. The second-order valence-corrected chi connectivity index (χ2v) is 5.10. The van der Waals surface area contributed by atoms with E-state index in [9.17, 15) is 0 Å². The van der Waals surface area contributed by atoms with Gasteiger partial charge in [-0.1, -0.05) is 12.1 Å². The molecule has 1 aromatic heterocycles. The third-order valence-electron chi connectivity index (χ3n) is 2.65. The van der Waals surface area contributed by atoms with Gasteiger partial charge in [0.25, 0.3) is 0 Å². The van der Waals surface area contributed by atoms with Gasteiger partial charge < -0.3 is 5.32 Å². The van der Waals surface area contributed by atoms with Crippen molar-refractivity contribution in [1.29, 1.82) is 15.8 Å². The molecule has 0 aliphatic carbocycles. The van der Waals surface area contributed by atoms with Crippen LogP contribution in [0.4, 0.5) is 5.69 Å². The molecule has 0 saturated carbocycles. The van der Waals surface area contributed by atoms with Gasteiger partial charge in [0.05, 0.1) is 10.7 Å². The van der Waals surface area contributed by atoms with Crippen LogP contribution in [-0.2, 0) is 0 Å². The Morgan fingerprint density at radius 3 is 2.24 bits per heavy atom. The average Bonchev–Trinajstić information content (AvgIpc) is 2.94. The largest absolute Gasteiger partial charge is 0.345 e. The molecule has 100 valence electrons.